The Labute approximate surface area is 109 Å². The Kier molecular flexibility index (Phi) is 1.93. The van der Waals surface area contributed by atoms with Gasteiger partial charge in [-0.1, -0.05) is 18.2 Å². The molecule has 0 unspecified atom stereocenters. The summed E-state index contributed by atoms with van der Waals surface area (Å²) < 4.78 is 11.5. The predicted octanol–water partition coefficient (Wildman–Crippen LogP) is 2.11. The molecule has 4 heteroatoms. The highest BCUT2D eigenvalue weighted by atomic mass is 16.5. The number of hydrogen-bond donors (Lipinski definition) is 2. The van der Waals surface area contributed by atoms with Gasteiger partial charge in [0.1, 0.15) is 23.9 Å². The van der Waals surface area contributed by atoms with Gasteiger partial charge in [-0.15, -0.1) is 0 Å². The Balaban J connectivity index is 1.89. The Morgan fingerprint density at radius 1 is 1.11 bits per heavy atom. The van der Waals surface area contributed by atoms with Crippen molar-refractivity contribution in [2.45, 2.75) is 11.7 Å². The second-order valence-electron chi connectivity index (χ2n) is 4.93. The number of phenolic OH excluding ortho intramolecular Hbond substituents is 1. The molecule has 4 nitrogen and oxygen atoms in total. The topological polar surface area (TPSA) is 58.9 Å². The van der Waals surface area contributed by atoms with E-state index in [1.165, 1.54) is 0 Å². The van der Waals surface area contributed by atoms with Crippen molar-refractivity contribution < 1.29 is 19.7 Å². The van der Waals surface area contributed by atoms with Crippen molar-refractivity contribution in [1.29, 1.82) is 0 Å². The van der Waals surface area contributed by atoms with Crippen LogP contribution >= 0.6 is 0 Å². The van der Waals surface area contributed by atoms with Gasteiger partial charge in [0, 0.05) is 17.2 Å². The second-order valence-corrected chi connectivity index (χ2v) is 4.93. The molecule has 0 fully saturated rings. The maximum atomic E-state index is 10.9. The summed E-state index contributed by atoms with van der Waals surface area (Å²) in [5.41, 5.74) is 0.335. The van der Waals surface area contributed by atoms with Crippen molar-refractivity contribution in [1.82, 2.24) is 0 Å². The zero-order valence-corrected chi connectivity index (χ0v) is 10.0. The van der Waals surface area contributed by atoms with Gasteiger partial charge < -0.3 is 19.7 Å². The number of phenols is 1. The lowest BCUT2D eigenvalue weighted by atomic mass is 9.85. The zero-order chi connectivity index (χ0) is 13.0. The Morgan fingerprint density at radius 2 is 1.95 bits per heavy atom. The number of para-hydroxylation sites is 1. The molecule has 0 spiro atoms. The summed E-state index contributed by atoms with van der Waals surface area (Å²) in [5, 5.41) is 20.3. The number of aliphatic hydroxyl groups is 1. The van der Waals surface area contributed by atoms with E-state index in [1.807, 2.05) is 24.3 Å². The van der Waals surface area contributed by atoms with Gasteiger partial charge in [-0.05, 0) is 18.2 Å². The van der Waals surface area contributed by atoms with Crippen molar-refractivity contribution in [3.8, 4) is 17.2 Å². The fourth-order valence-electron chi connectivity index (χ4n) is 2.82. The van der Waals surface area contributed by atoms with E-state index in [0.29, 0.717) is 11.5 Å². The third kappa shape index (κ3) is 1.32. The first-order valence-corrected chi connectivity index (χ1v) is 6.13. The Bertz CT molecular complexity index is 667. The van der Waals surface area contributed by atoms with E-state index in [2.05, 4.69) is 0 Å². The van der Waals surface area contributed by atoms with E-state index >= 15 is 0 Å². The van der Waals surface area contributed by atoms with Crippen molar-refractivity contribution >= 4 is 0 Å². The molecular weight excluding hydrogens is 244 g/mol. The molecule has 2 N–H and O–H groups in total. The van der Waals surface area contributed by atoms with E-state index < -0.39 is 11.7 Å². The molecule has 0 aromatic heterocycles. The largest absolute Gasteiger partial charge is 0.508 e. The molecule has 96 valence electrons. The van der Waals surface area contributed by atoms with Crippen LogP contribution in [0, 0.1) is 0 Å². The van der Waals surface area contributed by atoms with E-state index in [4.69, 9.17) is 9.47 Å². The fraction of sp³-hybridized carbons (Fsp3) is 0.200. The lowest BCUT2D eigenvalue weighted by Crippen LogP contribution is -2.41. The summed E-state index contributed by atoms with van der Waals surface area (Å²) in [7, 11) is 0. The Hall–Kier alpha value is -2.20. The number of benzene rings is 2. The third-order valence-electron chi connectivity index (χ3n) is 3.76. The zero-order valence-electron chi connectivity index (χ0n) is 10.0. The van der Waals surface area contributed by atoms with Crippen LogP contribution in [0.25, 0.3) is 0 Å². The molecule has 0 aliphatic carbocycles. The van der Waals surface area contributed by atoms with Gasteiger partial charge in [0.05, 0.1) is 0 Å². The highest BCUT2D eigenvalue weighted by Gasteiger charge is 2.52. The van der Waals surface area contributed by atoms with E-state index in [1.54, 1.807) is 18.2 Å². The van der Waals surface area contributed by atoms with E-state index in [9.17, 15) is 10.2 Å². The number of fused-ring (bicyclic) bond motifs is 5. The number of rotatable bonds is 0. The SMILES string of the molecule is Oc1ccc2c(c1)OC[C@@]1(O)c3ccccc3O[C@@H]21. The van der Waals surface area contributed by atoms with Crippen molar-refractivity contribution in [3.63, 3.8) is 0 Å². The van der Waals surface area contributed by atoms with Crippen LogP contribution in [0.15, 0.2) is 42.5 Å². The van der Waals surface area contributed by atoms with Crippen LogP contribution in [-0.4, -0.2) is 16.8 Å². The molecule has 0 saturated carbocycles. The van der Waals surface area contributed by atoms with Gasteiger partial charge in [-0.3, -0.25) is 0 Å². The van der Waals surface area contributed by atoms with Crippen LogP contribution < -0.4 is 9.47 Å². The molecule has 0 bridgehead atoms. The van der Waals surface area contributed by atoms with Gasteiger partial charge in [-0.2, -0.15) is 0 Å². The minimum Gasteiger partial charge on any atom is -0.508 e. The van der Waals surface area contributed by atoms with Crippen LogP contribution in [0.5, 0.6) is 17.2 Å². The van der Waals surface area contributed by atoms with Crippen LogP contribution in [0.4, 0.5) is 0 Å². The van der Waals surface area contributed by atoms with Gasteiger partial charge >= 0.3 is 0 Å². The molecule has 0 radical (unpaired) electrons. The van der Waals surface area contributed by atoms with Crippen molar-refractivity contribution in [2.24, 2.45) is 0 Å². The molecule has 2 aliphatic heterocycles. The summed E-state index contributed by atoms with van der Waals surface area (Å²) in [6.45, 7) is 0.116. The average Bonchev–Trinajstić information content (AvgIpc) is 2.72. The molecular formula is C15H12O4. The summed E-state index contributed by atoms with van der Waals surface area (Å²) in [6, 6.07) is 12.3. The first kappa shape index (κ1) is 10.7. The van der Waals surface area contributed by atoms with E-state index in [0.717, 1.165) is 11.1 Å². The molecule has 19 heavy (non-hydrogen) atoms. The second kappa shape index (κ2) is 3.42. The molecule has 0 saturated heterocycles. The fourth-order valence-corrected chi connectivity index (χ4v) is 2.82. The smallest absolute Gasteiger partial charge is 0.168 e. The van der Waals surface area contributed by atoms with Crippen molar-refractivity contribution in [3.05, 3.63) is 53.6 Å². The minimum atomic E-state index is -1.17. The van der Waals surface area contributed by atoms with Crippen molar-refractivity contribution in [2.75, 3.05) is 6.61 Å². The normalized spacial score (nSPS) is 26.7. The summed E-state index contributed by atoms with van der Waals surface area (Å²) in [5.74, 6) is 1.38. The number of aromatic hydroxyl groups is 1. The molecule has 2 atom stereocenters. The van der Waals surface area contributed by atoms with Gasteiger partial charge in [-0.25, -0.2) is 0 Å². The number of ether oxygens (including phenoxy) is 2. The average molecular weight is 256 g/mol. The van der Waals surface area contributed by atoms with Crippen LogP contribution in [-0.2, 0) is 5.60 Å². The maximum absolute atomic E-state index is 10.9. The molecule has 2 aliphatic rings. The van der Waals surface area contributed by atoms with Gasteiger partial charge in [0.2, 0.25) is 0 Å². The Morgan fingerprint density at radius 3 is 2.84 bits per heavy atom. The summed E-state index contributed by atoms with van der Waals surface area (Å²) in [4.78, 5) is 0. The molecule has 2 aromatic carbocycles. The van der Waals surface area contributed by atoms with Gasteiger partial charge in [0.25, 0.3) is 0 Å². The standard InChI is InChI=1S/C15H12O4/c16-9-5-6-10-13(7-9)18-8-15(17)11-3-1-2-4-12(11)19-14(10)15/h1-7,14,16-17H,8H2/t14-,15+/m0/s1. The molecule has 2 aromatic rings. The monoisotopic (exact) mass is 256 g/mol. The van der Waals surface area contributed by atoms with Crippen LogP contribution in [0.1, 0.15) is 17.2 Å². The highest BCUT2D eigenvalue weighted by Crippen LogP contribution is 2.53. The minimum absolute atomic E-state index is 0.116. The lowest BCUT2D eigenvalue weighted by Gasteiger charge is -2.34. The van der Waals surface area contributed by atoms with E-state index in [-0.39, 0.29) is 12.4 Å². The van der Waals surface area contributed by atoms with Crippen LogP contribution in [0.2, 0.25) is 0 Å². The predicted molar refractivity (Wildman–Crippen MR) is 67.3 cm³/mol. The molecule has 0 amide bonds. The number of hydrogen-bond acceptors (Lipinski definition) is 4. The molecule has 4 rings (SSSR count). The quantitative estimate of drug-likeness (QED) is 0.758. The lowest BCUT2D eigenvalue weighted by molar-refractivity contribution is -0.0864. The molecule has 2 heterocycles. The summed E-state index contributed by atoms with van der Waals surface area (Å²) in [6.07, 6.45) is -0.491. The first-order valence-electron chi connectivity index (χ1n) is 6.13. The first-order chi connectivity index (χ1) is 9.18. The summed E-state index contributed by atoms with van der Waals surface area (Å²) >= 11 is 0. The third-order valence-corrected chi connectivity index (χ3v) is 3.76. The maximum Gasteiger partial charge on any atom is 0.168 e. The van der Waals surface area contributed by atoms with Crippen LogP contribution in [0.3, 0.4) is 0 Å². The van der Waals surface area contributed by atoms with Gasteiger partial charge in [0.15, 0.2) is 11.7 Å². The highest BCUT2D eigenvalue weighted by molar-refractivity contribution is 5.51.